The van der Waals surface area contributed by atoms with Crippen LogP contribution in [0.2, 0.25) is 0 Å². The van der Waals surface area contributed by atoms with Gasteiger partial charge in [0.25, 0.3) is 11.7 Å². The van der Waals surface area contributed by atoms with Gasteiger partial charge in [-0.2, -0.15) is 9.50 Å². The Balaban J connectivity index is 1.54. The summed E-state index contributed by atoms with van der Waals surface area (Å²) in [6, 6.07) is 5.28. The number of aryl methyl sites for hydroxylation is 1. The molecule has 11 heteroatoms. The average Bonchev–Trinajstić information content (AvgIpc) is 3.28. The molecule has 1 aromatic carbocycles. The molecule has 186 valence electrons. The Bertz CT molecular complexity index is 1210. The smallest absolute Gasteiger partial charge is 0.255 e. The zero-order valence-electron chi connectivity index (χ0n) is 20.4. The van der Waals surface area contributed by atoms with Crippen molar-refractivity contribution < 1.29 is 19.0 Å². The number of thioether (sulfide) groups is 1. The summed E-state index contributed by atoms with van der Waals surface area (Å²) in [5.74, 6) is 3.33. The fraction of sp³-hybridized carbons (Fsp3) is 0.417. The lowest BCUT2D eigenvalue weighted by Crippen LogP contribution is -2.48. The second-order valence-electron chi connectivity index (χ2n) is 8.13. The Morgan fingerprint density at radius 1 is 1.20 bits per heavy atom. The highest BCUT2D eigenvalue weighted by atomic mass is 32.2. The summed E-state index contributed by atoms with van der Waals surface area (Å²) in [7, 11) is 4.59. The monoisotopic (exact) mass is 498 g/mol. The number of anilines is 1. The van der Waals surface area contributed by atoms with Crippen LogP contribution in [-0.4, -0.2) is 71.7 Å². The van der Waals surface area contributed by atoms with Gasteiger partial charge in [-0.15, -0.1) is 11.7 Å². The second-order valence-corrected chi connectivity index (χ2v) is 9.12. The Morgan fingerprint density at radius 2 is 1.94 bits per heavy atom. The van der Waals surface area contributed by atoms with Crippen LogP contribution < -0.4 is 24.4 Å². The quantitative estimate of drug-likeness (QED) is 0.352. The predicted octanol–water partition coefficient (Wildman–Crippen LogP) is 3.14. The lowest BCUT2D eigenvalue weighted by molar-refractivity contribution is 0.0932. The number of hydrogen-bond donors (Lipinski definition) is 1. The first-order valence-corrected chi connectivity index (χ1v) is 12.3. The normalized spacial score (nSPS) is 15.7. The molecule has 3 heterocycles. The third-order valence-corrected chi connectivity index (χ3v) is 6.57. The first-order valence-electron chi connectivity index (χ1n) is 11.3. The molecule has 1 unspecified atom stereocenters. The van der Waals surface area contributed by atoms with E-state index in [0.29, 0.717) is 40.3 Å². The molecule has 0 spiro atoms. The van der Waals surface area contributed by atoms with Crippen LogP contribution in [0, 0.1) is 6.92 Å². The van der Waals surface area contributed by atoms with Crippen LogP contribution in [0.3, 0.4) is 0 Å². The molecular formula is C24H30N6O4S. The third kappa shape index (κ3) is 5.29. The van der Waals surface area contributed by atoms with Gasteiger partial charge in [0.2, 0.25) is 10.9 Å². The Kier molecular flexibility index (Phi) is 7.64. The number of nitrogens with zero attached hydrogens (tertiary/aromatic N) is 5. The van der Waals surface area contributed by atoms with Crippen molar-refractivity contribution in [2.24, 2.45) is 0 Å². The minimum Gasteiger partial charge on any atom is -0.493 e. The van der Waals surface area contributed by atoms with Crippen molar-refractivity contribution in [3.05, 3.63) is 42.1 Å². The topological polar surface area (TPSA) is 103 Å². The van der Waals surface area contributed by atoms with Crippen LogP contribution in [0.5, 0.6) is 17.2 Å². The number of hydrogen-bond acceptors (Lipinski definition) is 9. The van der Waals surface area contributed by atoms with Crippen molar-refractivity contribution in [1.29, 1.82) is 0 Å². The van der Waals surface area contributed by atoms with Gasteiger partial charge < -0.3 is 24.4 Å². The maximum Gasteiger partial charge on any atom is 0.255 e. The van der Waals surface area contributed by atoms with E-state index in [2.05, 4.69) is 31.9 Å². The van der Waals surface area contributed by atoms with E-state index in [9.17, 15) is 4.79 Å². The number of carbonyl (C=O) groups excluding carboxylic acids is 1. The molecule has 3 aromatic rings. The van der Waals surface area contributed by atoms with Crippen molar-refractivity contribution in [2.75, 3.05) is 45.1 Å². The van der Waals surface area contributed by atoms with E-state index in [1.165, 1.54) is 33.1 Å². The van der Waals surface area contributed by atoms with Crippen molar-refractivity contribution in [2.45, 2.75) is 31.0 Å². The molecular weight excluding hydrogens is 468 g/mol. The van der Waals surface area contributed by atoms with E-state index in [4.69, 9.17) is 14.2 Å². The van der Waals surface area contributed by atoms with Crippen LogP contribution in [0.4, 0.5) is 5.82 Å². The number of amides is 1. The van der Waals surface area contributed by atoms with Gasteiger partial charge in [0, 0.05) is 42.2 Å². The van der Waals surface area contributed by atoms with Gasteiger partial charge in [-0.3, -0.25) is 4.79 Å². The van der Waals surface area contributed by atoms with E-state index in [-0.39, 0.29) is 11.9 Å². The minimum atomic E-state index is -0.198. The van der Waals surface area contributed by atoms with Gasteiger partial charge in [-0.1, -0.05) is 17.8 Å². The molecule has 0 bridgehead atoms. The van der Waals surface area contributed by atoms with Crippen molar-refractivity contribution in [3.63, 3.8) is 0 Å². The van der Waals surface area contributed by atoms with E-state index in [1.807, 2.05) is 19.1 Å². The molecule has 35 heavy (non-hydrogen) atoms. The number of piperidine rings is 1. The van der Waals surface area contributed by atoms with Crippen LogP contribution in [0.15, 0.2) is 36.0 Å². The maximum absolute atomic E-state index is 13.1. The van der Waals surface area contributed by atoms with Crippen molar-refractivity contribution in [3.8, 4) is 17.2 Å². The molecule has 0 saturated carbocycles. The van der Waals surface area contributed by atoms with Crippen LogP contribution in [0.1, 0.15) is 28.9 Å². The number of carbonyl (C=O) groups is 1. The summed E-state index contributed by atoms with van der Waals surface area (Å²) in [6.45, 7) is 7.20. The molecule has 1 aliphatic heterocycles. The second kappa shape index (κ2) is 10.9. The molecule has 10 nitrogen and oxygen atoms in total. The highest BCUT2D eigenvalue weighted by Gasteiger charge is 2.26. The van der Waals surface area contributed by atoms with Crippen molar-refractivity contribution >= 4 is 29.3 Å². The molecule has 1 aliphatic rings. The predicted molar refractivity (Wildman–Crippen MR) is 135 cm³/mol. The largest absolute Gasteiger partial charge is 0.493 e. The third-order valence-electron chi connectivity index (χ3n) is 5.74. The number of benzene rings is 1. The molecule has 1 N–H and O–H groups in total. The number of methoxy groups -OCH3 is 3. The number of fused-ring (bicyclic) bond motifs is 1. The van der Waals surface area contributed by atoms with Gasteiger partial charge in [-0.25, -0.2) is 4.98 Å². The zero-order valence-corrected chi connectivity index (χ0v) is 21.2. The summed E-state index contributed by atoms with van der Waals surface area (Å²) in [4.78, 5) is 24.4. The lowest BCUT2D eigenvalue weighted by atomic mass is 10.0. The molecule has 0 aliphatic carbocycles. The maximum atomic E-state index is 13.1. The highest BCUT2D eigenvalue weighted by molar-refractivity contribution is 7.99. The Hall–Kier alpha value is -3.47. The summed E-state index contributed by atoms with van der Waals surface area (Å²) in [5.41, 5.74) is 1.31. The summed E-state index contributed by atoms with van der Waals surface area (Å²) in [5, 5.41) is 8.47. The summed E-state index contributed by atoms with van der Waals surface area (Å²) < 4.78 is 17.9. The standard InChI is InChI=1S/C24H30N6O4S/c1-6-10-35-24-27-23-25-15(2)11-20(30(23)28-24)29-9-7-8-17(14-29)26-22(31)16-12-18(32-3)21(34-5)19(13-16)33-4/h6,11-13,17H,1,7-10,14H2,2-5H3,(H,26,31). The number of aromatic nitrogens is 4. The molecule has 1 fully saturated rings. The van der Waals surface area contributed by atoms with Gasteiger partial charge in [0.1, 0.15) is 5.82 Å². The van der Waals surface area contributed by atoms with Gasteiger partial charge in [0.05, 0.1) is 21.3 Å². The minimum absolute atomic E-state index is 0.0444. The first kappa shape index (κ1) is 24.6. The number of rotatable bonds is 9. The Labute approximate surface area is 208 Å². The van der Waals surface area contributed by atoms with Gasteiger partial charge in [0.15, 0.2) is 11.5 Å². The first-order chi connectivity index (χ1) is 17.0. The Morgan fingerprint density at radius 3 is 2.60 bits per heavy atom. The summed E-state index contributed by atoms with van der Waals surface area (Å²) in [6.07, 6.45) is 3.62. The van der Waals surface area contributed by atoms with E-state index in [0.717, 1.165) is 36.7 Å². The lowest BCUT2D eigenvalue weighted by Gasteiger charge is -2.34. The summed E-state index contributed by atoms with van der Waals surface area (Å²) >= 11 is 1.52. The molecule has 1 atom stereocenters. The van der Waals surface area contributed by atoms with Crippen LogP contribution in [0.25, 0.3) is 5.78 Å². The molecule has 4 rings (SSSR count). The van der Waals surface area contributed by atoms with Crippen molar-refractivity contribution in [1.82, 2.24) is 24.9 Å². The zero-order chi connectivity index (χ0) is 24.9. The van der Waals surface area contributed by atoms with Crippen LogP contribution in [-0.2, 0) is 0 Å². The molecule has 1 saturated heterocycles. The fourth-order valence-electron chi connectivity index (χ4n) is 4.15. The highest BCUT2D eigenvalue weighted by Crippen LogP contribution is 2.38. The van der Waals surface area contributed by atoms with Gasteiger partial charge in [-0.05, 0) is 31.9 Å². The van der Waals surface area contributed by atoms with E-state index >= 15 is 0 Å². The fourth-order valence-corrected chi connectivity index (χ4v) is 4.71. The van der Waals surface area contributed by atoms with Crippen LogP contribution >= 0.6 is 11.8 Å². The van der Waals surface area contributed by atoms with E-state index in [1.54, 1.807) is 16.6 Å². The van der Waals surface area contributed by atoms with Gasteiger partial charge >= 0.3 is 0 Å². The average molecular weight is 499 g/mol. The molecule has 2 aromatic heterocycles. The van der Waals surface area contributed by atoms with E-state index < -0.39 is 0 Å². The number of ether oxygens (including phenoxy) is 3. The molecule has 0 radical (unpaired) electrons. The molecule has 1 amide bonds. The number of nitrogens with one attached hydrogen (secondary N) is 1. The SMILES string of the molecule is C=CCSc1nc2nc(C)cc(N3CCCC(NC(=O)c4cc(OC)c(OC)c(OC)c4)C3)n2n1.